The molecule has 7 nitrogen and oxygen atoms in total. The lowest BCUT2D eigenvalue weighted by atomic mass is 9.84. The number of rotatable bonds is 9. The molecule has 2 aromatic heterocycles. The van der Waals surface area contributed by atoms with Crippen molar-refractivity contribution in [2.75, 3.05) is 23.7 Å². The molecule has 0 aliphatic carbocycles. The van der Waals surface area contributed by atoms with Crippen molar-refractivity contribution in [1.82, 2.24) is 19.9 Å². The first kappa shape index (κ1) is 34.1. The third-order valence-electron chi connectivity index (χ3n) is 7.30. The van der Waals surface area contributed by atoms with E-state index in [0.717, 1.165) is 15.6 Å². The lowest BCUT2D eigenvalue weighted by Crippen LogP contribution is -2.28. The van der Waals surface area contributed by atoms with E-state index in [9.17, 15) is 13.2 Å². The normalized spacial score (nSPS) is 11.2. The molecule has 0 unspecified atom stereocenters. The molecule has 5 aromatic rings. The summed E-state index contributed by atoms with van der Waals surface area (Å²) in [6, 6.07) is 17.3. The number of benzene rings is 3. The summed E-state index contributed by atoms with van der Waals surface area (Å²) in [6.07, 6.45) is 6.64. The van der Waals surface area contributed by atoms with Crippen LogP contribution in [0.5, 0.6) is 0 Å². The van der Waals surface area contributed by atoms with Crippen LogP contribution in [0.4, 0.5) is 30.8 Å². The van der Waals surface area contributed by atoms with Crippen LogP contribution in [0.25, 0.3) is 16.0 Å². The molecule has 0 aliphatic rings. The summed E-state index contributed by atoms with van der Waals surface area (Å²) >= 11 is 3.29. The summed E-state index contributed by atoms with van der Waals surface area (Å²) in [5.41, 5.74) is 3.05. The standard InChI is InChI=1S/C21H18F2N4.C14H15BrFN3/c1-21(2,16-5-7-17(22)8-6-16)13-27-20-25-11-15(12-26-20)14-4-9-18(23)19(10-14)24-3;1-14(2,10-3-5-12(16)6-4-10)9-19-13-17-7-11(15)8-18-13/h4-12H,13H2,1-2H3,(H,25,26,27);3-8H,9H2,1-2H3,(H,17,18,19). The van der Waals surface area contributed by atoms with Crippen LogP contribution in [0, 0.1) is 24.0 Å². The molecule has 5 rings (SSSR count). The topological polar surface area (TPSA) is 80.0 Å². The molecular formula is C35H33BrF3N7. The van der Waals surface area contributed by atoms with Gasteiger partial charge in [0, 0.05) is 54.3 Å². The summed E-state index contributed by atoms with van der Waals surface area (Å²) in [4.78, 5) is 20.1. The zero-order chi connectivity index (χ0) is 33.3. The Morgan fingerprint density at radius 2 is 1.09 bits per heavy atom. The van der Waals surface area contributed by atoms with Crippen LogP contribution in [0.15, 0.2) is 96.0 Å². The Balaban J connectivity index is 0.000000222. The maximum atomic E-state index is 13.4. The molecule has 0 saturated carbocycles. The second-order valence-electron chi connectivity index (χ2n) is 11.8. The number of hydrogen-bond acceptors (Lipinski definition) is 6. The van der Waals surface area contributed by atoms with Gasteiger partial charge in [0.1, 0.15) is 17.5 Å². The predicted molar refractivity (Wildman–Crippen MR) is 179 cm³/mol. The van der Waals surface area contributed by atoms with E-state index in [2.05, 4.69) is 65.2 Å². The highest BCUT2D eigenvalue weighted by molar-refractivity contribution is 9.10. The molecule has 0 aliphatic heterocycles. The molecule has 0 amide bonds. The Morgan fingerprint density at radius 1 is 0.652 bits per heavy atom. The van der Waals surface area contributed by atoms with Crippen molar-refractivity contribution in [2.45, 2.75) is 38.5 Å². The van der Waals surface area contributed by atoms with Crippen LogP contribution in [-0.4, -0.2) is 33.0 Å². The van der Waals surface area contributed by atoms with E-state index in [1.165, 1.54) is 36.4 Å². The van der Waals surface area contributed by atoms with Crippen molar-refractivity contribution in [1.29, 1.82) is 0 Å². The number of anilines is 2. The number of hydrogen-bond donors (Lipinski definition) is 2. The minimum atomic E-state index is -0.545. The first-order valence-corrected chi connectivity index (χ1v) is 15.1. The molecular weight excluding hydrogens is 655 g/mol. The summed E-state index contributed by atoms with van der Waals surface area (Å²) in [5.74, 6) is 0.0168. The smallest absolute Gasteiger partial charge is 0.222 e. The van der Waals surface area contributed by atoms with Crippen molar-refractivity contribution in [2.24, 2.45) is 0 Å². The summed E-state index contributed by atoms with van der Waals surface area (Å²) in [5, 5.41) is 6.37. The first-order chi connectivity index (χ1) is 21.9. The highest BCUT2D eigenvalue weighted by Crippen LogP contribution is 2.27. The molecule has 2 heterocycles. The van der Waals surface area contributed by atoms with E-state index in [0.29, 0.717) is 36.1 Å². The van der Waals surface area contributed by atoms with Crippen LogP contribution in [0.1, 0.15) is 38.8 Å². The second-order valence-corrected chi connectivity index (χ2v) is 12.7. The fraction of sp³-hybridized carbons (Fsp3) is 0.229. The Labute approximate surface area is 275 Å². The molecule has 3 aromatic carbocycles. The minimum Gasteiger partial charge on any atom is -0.353 e. The van der Waals surface area contributed by atoms with Gasteiger partial charge in [-0.05, 0) is 69.0 Å². The van der Waals surface area contributed by atoms with Crippen molar-refractivity contribution in [3.8, 4) is 11.1 Å². The fourth-order valence-corrected chi connectivity index (χ4v) is 4.56. The van der Waals surface area contributed by atoms with E-state index in [4.69, 9.17) is 6.57 Å². The first-order valence-electron chi connectivity index (χ1n) is 14.3. The van der Waals surface area contributed by atoms with Gasteiger partial charge in [0.2, 0.25) is 17.6 Å². The average molecular weight is 689 g/mol. The maximum Gasteiger partial charge on any atom is 0.222 e. The van der Waals surface area contributed by atoms with E-state index in [1.54, 1.807) is 55.1 Å². The van der Waals surface area contributed by atoms with Crippen LogP contribution in [-0.2, 0) is 10.8 Å². The molecule has 0 atom stereocenters. The number of nitrogens with zero attached hydrogens (tertiary/aromatic N) is 5. The van der Waals surface area contributed by atoms with Crippen LogP contribution in [0.2, 0.25) is 0 Å². The van der Waals surface area contributed by atoms with E-state index < -0.39 is 5.82 Å². The van der Waals surface area contributed by atoms with Gasteiger partial charge in [0.05, 0.1) is 11.0 Å². The Bertz CT molecular complexity index is 1770. The van der Waals surface area contributed by atoms with E-state index in [-0.39, 0.29) is 28.2 Å². The van der Waals surface area contributed by atoms with Gasteiger partial charge < -0.3 is 10.6 Å². The molecule has 236 valence electrons. The average Bonchev–Trinajstić information content (AvgIpc) is 3.05. The highest BCUT2D eigenvalue weighted by atomic mass is 79.9. The van der Waals surface area contributed by atoms with Gasteiger partial charge in [0.15, 0.2) is 0 Å². The summed E-state index contributed by atoms with van der Waals surface area (Å²) in [7, 11) is 0. The van der Waals surface area contributed by atoms with Crippen LogP contribution in [0.3, 0.4) is 0 Å². The quantitative estimate of drug-likeness (QED) is 0.151. The Hall–Kier alpha value is -4.82. The highest BCUT2D eigenvalue weighted by Gasteiger charge is 2.22. The van der Waals surface area contributed by atoms with Crippen LogP contribution >= 0.6 is 15.9 Å². The van der Waals surface area contributed by atoms with Gasteiger partial charge >= 0.3 is 0 Å². The molecule has 0 bridgehead atoms. The zero-order valence-corrected chi connectivity index (χ0v) is 27.4. The molecule has 2 N–H and O–H groups in total. The number of halogens is 4. The Morgan fingerprint density at radius 3 is 1.52 bits per heavy atom. The van der Waals surface area contributed by atoms with Gasteiger partial charge in [-0.3, -0.25) is 0 Å². The van der Waals surface area contributed by atoms with Crippen molar-refractivity contribution >= 4 is 33.5 Å². The zero-order valence-electron chi connectivity index (χ0n) is 25.8. The van der Waals surface area contributed by atoms with Gasteiger partial charge in [0.25, 0.3) is 0 Å². The van der Waals surface area contributed by atoms with Gasteiger partial charge in [-0.25, -0.2) is 38.0 Å². The third kappa shape index (κ3) is 9.34. The van der Waals surface area contributed by atoms with Gasteiger partial charge in [-0.2, -0.15) is 0 Å². The maximum absolute atomic E-state index is 13.4. The number of aromatic nitrogens is 4. The van der Waals surface area contributed by atoms with E-state index in [1.807, 2.05) is 13.8 Å². The van der Waals surface area contributed by atoms with Gasteiger partial charge in [-0.15, -0.1) is 0 Å². The third-order valence-corrected chi connectivity index (χ3v) is 7.71. The lowest BCUT2D eigenvalue weighted by Gasteiger charge is -2.25. The molecule has 0 fully saturated rings. The largest absolute Gasteiger partial charge is 0.353 e. The predicted octanol–water partition coefficient (Wildman–Crippen LogP) is 9.13. The molecule has 0 saturated heterocycles. The molecule has 0 spiro atoms. The monoisotopic (exact) mass is 687 g/mol. The van der Waals surface area contributed by atoms with Crippen molar-refractivity contribution in [3.05, 3.63) is 136 Å². The SMILES string of the molecule is CC(C)(CNc1ncc(Br)cn1)c1ccc(F)cc1.[C-]#[N+]c1cc(-c2cnc(NCC(C)(C)c3ccc(F)cc3)nc2)ccc1F. The van der Waals surface area contributed by atoms with Crippen LogP contribution < -0.4 is 10.6 Å². The van der Waals surface area contributed by atoms with E-state index >= 15 is 0 Å². The molecule has 11 heteroatoms. The van der Waals surface area contributed by atoms with Crippen molar-refractivity contribution < 1.29 is 13.2 Å². The molecule has 0 radical (unpaired) electrons. The number of nitrogens with one attached hydrogen (secondary N) is 2. The second kappa shape index (κ2) is 15.0. The minimum absolute atomic E-state index is 0.0317. The van der Waals surface area contributed by atoms with Crippen molar-refractivity contribution in [3.63, 3.8) is 0 Å². The lowest BCUT2D eigenvalue weighted by molar-refractivity contribution is 0.551. The van der Waals surface area contributed by atoms with Gasteiger partial charge in [-0.1, -0.05) is 58.0 Å². The fourth-order valence-electron chi connectivity index (χ4n) is 4.36. The summed E-state index contributed by atoms with van der Waals surface area (Å²) in [6.45, 7) is 16.5. The summed E-state index contributed by atoms with van der Waals surface area (Å²) < 4.78 is 40.3. The molecule has 46 heavy (non-hydrogen) atoms. The Kier molecular flexibility index (Phi) is 11.1.